The number of benzene rings is 1. The van der Waals surface area contributed by atoms with Crippen LogP contribution in [-0.2, 0) is 14.3 Å². The van der Waals surface area contributed by atoms with Crippen LogP contribution in [0.3, 0.4) is 0 Å². The second-order valence-corrected chi connectivity index (χ2v) is 8.33. The Labute approximate surface area is 172 Å². The van der Waals surface area contributed by atoms with E-state index in [-0.39, 0.29) is 18.5 Å². The lowest BCUT2D eigenvalue weighted by Crippen LogP contribution is -2.43. The van der Waals surface area contributed by atoms with Crippen molar-refractivity contribution in [2.24, 2.45) is 0 Å². The molecule has 2 amide bonds. The number of hydrogen-bond donors (Lipinski definition) is 2. The van der Waals surface area contributed by atoms with Gasteiger partial charge in [-0.3, -0.25) is 14.4 Å². The van der Waals surface area contributed by atoms with E-state index in [0.717, 1.165) is 35.8 Å². The highest BCUT2D eigenvalue weighted by Crippen LogP contribution is 2.34. The quantitative estimate of drug-likeness (QED) is 0.695. The molecular weight excluding hydrogens is 400 g/mol. The van der Waals surface area contributed by atoms with Crippen molar-refractivity contribution in [3.05, 3.63) is 34.2 Å². The third-order valence-electron chi connectivity index (χ3n) is 4.76. The van der Waals surface area contributed by atoms with Crippen molar-refractivity contribution < 1.29 is 19.1 Å². The van der Waals surface area contributed by atoms with Gasteiger partial charge in [-0.1, -0.05) is 49.1 Å². The van der Waals surface area contributed by atoms with E-state index in [1.807, 2.05) is 24.3 Å². The molecule has 1 atom stereocenters. The zero-order chi connectivity index (χ0) is 20.1. The van der Waals surface area contributed by atoms with Crippen molar-refractivity contribution in [2.45, 2.75) is 51.2 Å². The Balaban J connectivity index is 1.48. The maximum Gasteiger partial charge on any atom is 0.326 e. The number of nitrogens with one attached hydrogen (secondary N) is 2. The molecule has 1 aromatic heterocycles. The molecular formula is C20H23ClN2O4S. The molecule has 1 heterocycles. The van der Waals surface area contributed by atoms with Gasteiger partial charge in [0.2, 0.25) is 0 Å². The number of esters is 1. The number of halogens is 1. The Kier molecular flexibility index (Phi) is 6.91. The van der Waals surface area contributed by atoms with Crippen LogP contribution in [0.5, 0.6) is 0 Å². The average Bonchev–Trinajstić information content (AvgIpc) is 3.04. The van der Waals surface area contributed by atoms with Crippen molar-refractivity contribution in [3.8, 4) is 0 Å². The lowest BCUT2D eigenvalue weighted by Gasteiger charge is -2.24. The Hall–Kier alpha value is -2.12. The summed E-state index contributed by atoms with van der Waals surface area (Å²) in [6.07, 6.45) is 4.41. The molecule has 2 N–H and O–H groups in total. The molecule has 1 fully saturated rings. The number of ether oxygens (including phenoxy) is 1. The molecule has 6 nitrogen and oxygen atoms in total. The van der Waals surface area contributed by atoms with Crippen LogP contribution in [0, 0.1) is 0 Å². The molecule has 1 aromatic carbocycles. The fraction of sp³-hybridized carbons (Fsp3) is 0.450. The number of fused-ring (bicyclic) bond motifs is 1. The molecule has 0 saturated heterocycles. The van der Waals surface area contributed by atoms with E-state index in [4.69, 9.17) is 16.3 Å². The lowest BCUT2D eigenvalue weighted by atomic mass is 9.95. The average molecular weight is 423 g/mol. The van der Waals surface area contributed by atoms with E-state index < -0.39 is 18.0 Å². The number of carbonyl (C=O) groups excluding carboxylic acids is 3. The van der Waals surface area contributed by atoms with Crippen molar-refractivity contribution in [2.75, 3.05) is 6.54 Å². The Morgan fingerprint density at radius 3 is 2.64 bits per heavy atom. The number of rotatable bonds is 6. The molecule has 1 saturated carbocycles. The molecule has 2 aromatic rings. The smallest absolute Gasteiger partial charge is 0.326 e. The van der Waals surface area contributed by atoms with Gasteiger partial charge in [0.1, 0.15) is 11.4 Å². The molecule has 0 radical (unpaired) electrons. The van der Waals surface area contributed by atoms with Gasteiger partial charge in [0.15, 0.2) is 6.10 Å². The molecule has 28 heavy (non-hydrogen) atoms. The number of thiophene rings is 1. The maximum absolute atomic E-state index is 12.3. The van der Waals surface area contributed by atoms with Crippen molar-refractivity contribution >= 4 is 50.8 Å². The largest absolute Gasteiger partial charge is 0.451 e. The maximum atomic E-state index is 12.3. The summed E-state index contributed by atoms with van der Waals surface area (Å²) in [6, 6.07) is 7.58. The summed E-state index contributed by atoms with van der Waals surface area (Å²) in [6.45, 7) is 1.20. The third kappa shape index (κ3) is 5.02. The van der Waals surface area contributed by atoms with Crippen molar-refractivity contribution in [3.63, 3.8) is 0 Å². The molecule has 0 spiro atoms. The fourth-order valence-electron chi connectivity index (χ4n) is 3.25. The summed E-state index contributed by atoms with van der Waals surface area (Å²) in [7, 11) is 0. The van der Waals surface area contributed by atoms with E-state index in [0.29, 0.717) is 9.90 Å². The van der Waals surface area contributed by atoms with Crippen LogP contribution in [0.2, 0.25) is 5.02 Å². The molecule has 1 unspecified atom stereocenters. The van der Waals surface area contributed by atoms with Crippen LogP contribution >= 0.6 is 22.9 Å². The summed E-state index contributed by atoms with van der Waals surface area (Å²) < 4.78 is 6.03. The fourth-order valence-corrected chi connectivity index (χ4v) is 4.68. The highest BCUT2D eigenvalue weighted by molar-refractivity contribution is 7.21. The summed E-state index contributed by atoms with van der Waals surface area (Å²) in [5.74, 6) is -1.42. The van der Waals surface area contributed by atoms with Crippen LogP contribution in [0.15, 0.2) is 24.3 Å². The summed E-state index contributed by atoms with van der Waals surface area (Å²) in [5, 5.41) is 6.59. The first-order valence-corrected chi connectivity index (χ1v) is 10.6. The van der Waals surface area contributed by atoms with Crippen LogP contribution in [-0.4, -0.2) is 36.5 Å². The standard InChI is InChI=1S/C20H23ClN2O4S/c1-12(19(25)23-13-7-3-2-4-8-13)27-16(24)11-22-20(26)18-17(21)14-9-5-6-10-15(14)28-18/h5-6,9-10,12-13H,2-4,7-8,11H2,1H3,(H,22,26)(H,23,25). The van der Waals surface area contributed by atoms with E-state index >= 15 is 0 Å². The number of amides is 2. The van der Waals surface area contributed by atoms with Crippen molar-refractivity contribution in [1.82, 2.24) is 10.6 Å². The number of carbonyl (C=O) groups is 3. The van der Waals surface area contributed by atoms with Crippen LogP contribution in [0.4, 0.5) is 0 Å². The minimum absolute atomic E-state index is 0.150. The van der Waals surface area contributed by atoms with Crippen LogP contribution in [0.1, 0.15) is 48.7 Å². The van der Waals surface area contributed by atoms with Gasteiger partial charge in [0.05, 0.1) is 5.02 Å². The van der Waals surface area contributed by atoms with Gasteiger partial charge in [-0.15, -0.1) is 11.3 Å². The van der Waals surface area contributed by atoms with E-state index in [2.05, 4.69) is 10.6 Å². The van der Waals surface area contributed by atoms with E-state index in [9.17, 15) is 14.4 Å². The van der Waals surface area contributed by atoms with E-state index in [1.165, 1.54) is 24.7 Å². The van der Waals surface area contributed by atoms with Gasteiger partial charge in [-0.25, -0.2) is 0 Å². The molecule has 8 heteroatoms. The Bertz CT molecular complexity index is 876. The lowest BCUT2D eigenvalue weighted by molar-refractivity contribution is -0.154. The first kappa shape index (κ1) is 20.6. The minimum atomic E-state index is -0.903. The number of hydrogen-bond acceptors (Lipinski definition) is 5. The van der Waals surface area contributed by atoms with Crippen LogP contribution < -0.4 is 10.6 Å². The second kappa shape index (κ2) is 9.39. The molecule has 150 valence electrons. The topological polar surface area (TPSA) is 84.5 Å². The zero-order valence-corrected chi connectivity index (χ0v) is 17.2. The van der Waals surface area contributed by atoms with Gasteiger partial charge < -0.3 is 15.4 Å². The Morgan fingerprint density at radius 1 is 1.21 bits per heavy atom. The summed E-state index contributed by atoms with van der Waals surface area (Å²) >= 11 is 7.53. The van der Waals surface area contributed by atoms with Gasteiger partial charge in [-0.2, -0.15) is 0 Å². The van der Waals surface area contributed by atoms with E-state index in [1.54, 1.807) is 0 Å². The van der Waals surface area contributed by atoms with Gasteiger partial charge in [0.25, 0.3) is 11.8 Å². The molecule has 1 aliphatic carbocycles. The molecule has 3 rings (SSSR count). The van der Waals surface area contributed by atoms with Gasteiger partial charge in [-0.05, 0) is 25.8 Å². The normalized spacial score (nSPS) is 15.8. The Morgan fingerprint density at radius 2 is 1.93 bits per heavy atom. The highest BCUT2D eigenvalue weighted by Gasteiger charge is 2.23. The predicted octanol–water partition coefficient (Wildman–Crippen LogP) is 3.67. The summed E-state index contributed by atoms with van der Waals surface area (Å²) in [4.78, 5) is 36.9. The molecule has 1 aliphatic rings. The van der Waals surface area contributed by atoms with Gasteiger partial charge >= 0.3 is 5.97 Å². The van der Waals surface area contributed by atoms with Gasteiger partial charge in [0, 0.05) is 16.1 Å². The first-order chi connectivity index (χ1) is 13.5. The SMILES string of the molecule is CC(OC(=O)CNC(=O)c1sc2ccccc2c1Cl)C(=O)NC1CCCCC1. The molecule has 0 bridgehead atoms. The first-order valence-electron chi connectivity index (χ1n) is 9.41. The third-order valence-corrected chi connectivity index (χ3v) is 6.44. The minimum Gasteiger partial charge on any atom is -0.451 e. The summed E-state index contributed by atoms with van der Waals surface area (Å²) in [5.41, 5.74) is 0. The monoisotopic (exact) mass is 422 g/mol. The van der Waals surface area contributed by atoms with Crippen LogP contribution in [0.25, 0.3) is 10.1 Å². The molecule has 0 aliphatic heterocycles. The highest BCUT2D eigenvalue weighted by atomic mass is 35.5. The second-order valence-electron chi connectivity index (χ2n) is 6.90. The zero-order valence-electron chi connectivity index (χ0n) is 15.6. The predicted molar refractivity (Wildman–Crippen MR) is 110 cm³/mol. The van der Waals surface area contributed by atoms with Crippen molar-refractivity contribution in [1.29, 1.82) is 0 Å².